The van der Waals surface area contributed by atoms with E-state index < -0.39 is 17.6 Å². The molecule has 32 heavy (non-hydrogen) atoms. The molecule has 0 saturated carbocycles. The maximum Gasteiger partial charge on any atom is 0.282 e. The lowest BCUT2D eigenvalue weighted by molar-refractivity contribution is -0.120. The molecule has 0 bridgehead atoms. The Bertz CT molecular complexity index is 1180. The summed E-state index contributed by atoms with van der Waals surface area (Å²) in [6.07, 6.45) is 0.0444. The van der Waals surface area contributed by atoms with Crippen molar-refractivity contribution in [2.24, 2.45) is 0 Å². The fourth-order valence-electron chi connectivity index (χ4n) is 3.49. The maximum absolute atomic E-state index is 13.4. The quantitative estimate of drug-likeness (QED) is 0.538. The Balaban J connectivity index is 1.73. The number of rotatable bonds is 6. The van der Waals surface area contributed by atoms with E-state index in [4.69, 9.17) is 4.74 Å². The standard InChI is InChI=1S/C26H23FN2O3/c1-16(2)32-22-14-10-20(11-15-22)28-24-23(18-6-4-17(3)5-7-18)25(30)29(26(24)31)21-12-8-19(27)9-13-21/h4-16,28H,1-3H3. The third kappa shape index (κ3) is 4.25. The number of carbonyl (C=O) groups excluding carboxylic acids is 2. The van der Waals surface area contributed by atoms with Gasteiger partial charge in [0.05, 0.1) is 17.4 Å². The summed E-state index contributed by atoms with van der Waals surface area (Å²) in [5.41, 5.74) is 3.05. The minimum Gasteiger partial charge on any atom is -0.491 e. The molecule has 162 valence electrons. The Hall–Kier alpha value is -3.93. The van der Waals surface area contributed by atoms with Crippen molar-refractivity contribution in [3.05, 3.63) is 95.4 Å². The van der Waals surface area contributed by atoms with Crippen LogP contribution in [0.15, 0.2) is 78.5 Å². The molecule has 1 aliphatic heterocycles. The molecule has 0 unspecified atom stereocenters. The largest absolute Gasteiger partial charge is 0.491 e. The van der Waals surface area contributed by atoms with Gasteiger partial charge in [-0.15, -0.1) is 0 Å². The van der Waals surface area contributed by atoms with Crippen LogP contribution in [0.3, 0.4) is 0 Å². The van der Waals surface area contributed by atoms with Crippen molar-refractivity contribution in [2.75, 3.05) is 10.2 Å². The summed E-state index contributed by atoms with van der Waals surface area (Å²) in [5.74, 6) is -0.700. The number of aryl methyl sites for hydroxylation is 1. The molecule has 1 aliphatic rings. The molecule has 0 spiro atoms. The highest BCUT2D eigenvalue weighted by Crippen LogP contribution is 2.34. The van der Waals surface area contributed by atoms with Crippen LogP contribution < -0.4 is 15.0 Å². The Kier molecular flexibility index (Phi) is 5.77. The molecule has 6 heteroatoms. The van der Waals surface area contributed by atoms with Crippen molar-refractivity contribution in [1.82, 2.24) is 0 Å². The predicted octanol–water partition coefficient (Wildman–Crippen LogP) is 5.32. The lowest BCUT2D eigenvalue weighted by atomic mass is 10.0. The number of imide groups is 1. The van der Waals surface area contributed by atoms with E-state index >= 15 is 0 Å². The highest BCUT2D eigenvalue weighted by molar-refractivity contribution is 6.46. The molecule has 0 saturated heterocycles. The van der Waals surface area contributed by atoms with E-state index in [2.05, 4.69) is 5.32 Å². The predicted molar refractivity (Wildman–Crippen MR) is 123 cm³/mol. The van der Waals surface area contributed by atoms with Crippen LogP contribution >= 0.6 is 0 Å². The van der Waals surface area contributed by atoms with Gasteiger partial charge in [-0.1, -0.05) is 29.8 Å². The number of carbonyl (C=O) groups is 2. The van der Waals surface area contributed by atoms with E-state index in [0.717, 1.165) is 10.5 Å². The van der Waals surface area contributed by atoms with E-state index in [1.54, 1.807) is 24.3 Å². The number of halogens is 1. The number of benzene rings is 3. The van der Waals surface area contributed by atoms with Gasteiger partial charge >= 0.3 is 0 Å². The molecule has 3 aromatic carbocycles. The summed E-state index contributed by atoms with van der Waals surface area (Å²) >= 11 is 0. The van der Waals surface area contributed by atoms with Crippen molar-refractivity contribution >= 4 is 28.8 Å². The number of nitrogens with zero attached hydrogens (tertiary/aromatic N) is 1. The van der Waals surface area contributed by atoms with Gasteiger partial charge in [0.1, 0.15) is 17.3 Å². The van der Waals surface area contributed by atoms with Crippen molar-refractivity contribution in [3.8, 4) is 5.75 Å². The molecular formula is C26H23FN2O3. The number of ether oxygens (including phenoxy) is 1. The van der Waals surface area contributed by atoms with Gasteiger partial charge in [0, 0.05) is 5.69 Å². The van der Waals surface area contributed by atoms with Crippen molar-refractivity contribution in [2.45, 2.75) is 26.9 Å². The maximum atomic E-state index is 13.4. The first-order valence-electron chi connectivity index (χ1n) is 10.3. The molecule has 1 heterocycles. The Morgan fingerprint density at radius 1 is 0.844 bits per heavy atom. The first-order chi connectivity index (χ1) is 15.3. The van der Waals surface area contributed by atoms with Crippen LogP contribution in [0.1, 0.15) is 25.0 Å². The second-order valence-corrected chi connectivity index (χ2v) is 7.85. The molecule has 3 aromatic rings. The molecule has 0 aromatic heterocycles. The first-order valence-corrected chi connectivity index (χ1v) is 10.3. The lowest BCUT2D eigenvalue weighted by Gasteiger charge is -2.15. The summed E-state index contributed by atoms with van der Waals surface area (Å²) < 4.78 is 19.1. The highest BCUT2D eigenvalue weighted by Gasteiger charge is 2.40. The number of anilines is 2. The van der Waals surface area contributed by atoms with Gasteiger partial charge < -0.3 is 10.1 Å². The van der Waals surface area contributed by atoms with Gasteiger partial charge in [0.2, 0.25) is 0 Å². The number of hydrogen-bond donors (Lipinski definition) is 1. The molecule has 4 rings (SSSR count). The van der Waals surface area contributed by atoms with E-state index in [0.29, 0.717) is 22.7 Å². The van der Waals surface area contributed by atoms with Crippen LogP contribution in [0.25, 0.3) is 5.57 Å². The van der Waals surface area contributed by atoms with E-state index in [9.17, 15) is 14.0 Å². The molecule has 0 radical (unpaired) electrons. The van der Waals surface area contributed by atoms with Gasteiger partial charge in [-0.3, -0.25) is 9.59 Å². The third-order valence-electron chi connectivity index (χ3n) is 5.00. The second-order valence-electron chi connectivity index (χ2n) is 7.85. The summed E-state index contributed by atoms with van der Waals surface area (Å²) in [6, 6.07) is 19.8. The zero-order valence-corrected chi connectivity index (χ0v) is 18.1. The number of hydrogen-bond acceptors (Lipinski definition) is 4. The summed E-state index contributed by atoms with van der Waals surface area (Å²) in [7, 11) is 0. The van der Waals surface area contributed by atoms with Crippen LogP contribution in [-0.4, -0.2) is 17.9 Å². The van der Waals surface area contributed by atoms with E-state index in [-0.39, 0.29) is 17.4 Å². The van der Waals surface area contributed by atoms with E-state index in [1.165, 1.54) is 24.3 Å². The minimum atomic E-state index is -0.500. The van der Waals surface area contributed by atoms with Gasteiger partial charge in [0.15, 0.2) is 0 Å². The number of nitrogens with one attached hydrogen (secondary N) is 1. The van der Waals surface area contributed by atoms with Crippen LogP contribution in [-0.2, 0) is 9.59 Å². The second kappa shape index (κ2) is 8.67. The summed E-state index contributed by atoms with van der Waals surface area (Å²) in [4.78, 5) is 27.8. The third-order valence-corrected chi connectivity index (χ3v) is 5.00. The lowest BCUT2D eigenvalue weighted by Crippen LogP contribution is -2.32. The smallest absolute Gasteiger partial charge is 0.282 e. The fourth-order valence-corrected chi connectivity index (χ4v) is 3.49. The Labute approximate surface area is 186 Å². The molecular weight excluding hydrogens is 407 g/mol. The van der Waals surface area contributed by atoms with Gasteiger partial charge in [0.25, 0.3) is 11.8 Å². The highest BCUT2D eigenvalue weighted by atomic mass is 19.1. The molecule has 5 nitrogen and oxygen atoms in total. The fraction of sp³-hybridized carbons (Fsp3) is 0.154. The Morgan fingerprint density at radius 2 is 1.47 bits per heavy atom. The van der Waals surface area contributed by atoms with Gasteiger partial charge in [-0.25, -0.2) is 9.29 Å². The molecule has 0 aliphatic carbocycles. The summed E-state index contributed by atoms with van der Waals surface area (Å²) in [5, 5.41) is 3.11. The van der Waals surface area contributed by atoms with Crippen LogP contribution in [0, 0.1) is 12.7 Å². The Morgan fingerprint density at radius 3 is 2.06 bits per heavy atom. The number of amides is 2. The first kappa shape index (κ1) is 21.3. The van der Waals surface area contributed by atoms with Crippen LogP contribution in [0.4, 0.5) is 15.8 Å². The van der Waals surface area contributed by atoms with Crippen molar-refractivity contribution in [3.63, 3.8) is 0 Å². The normalized spacial score (nSPS) is 13.8. The molecule has 0 fully saturated rings. The molecule has 1 N–H and O–H groups in total. The van der Waals surface area contributed by atoms with Gasteiger partial charge in [-0.2, -0.15) is 0 Å². The zero-order chi connectivity index (χ0) is 22.8. The van der Waals surface area contributed by atoms with Gasteiger partial charge in [-0.05, 0) is 74.9 Å². The van der Waals surface area contributed by atoms with Crippen molar-refractivity contribution < 1.29 is 18.7 Å². The van der Waals surface area contributed by atoms with Crippen LogP contribution in [0.2, 0.25) is 0 Å². The summed E-state index contributed by atoms with van der Waals surface area (Å²) in [6.45, 7) is 5.83. The molecule has 2 amide bonds. The van der Waals surface area contributed by atoms with Crippen LogP contribution in [0.5, 0.6) is 5.75 Å². The SMILES string of the molecule is Cc1ccc(C2=C(Nc3ccc(OC(C)C)cc3)C(=O)N(c3ccc(F)cc3)C2=O)cc1. The zero-order valence-electron chi connectivity index (χ0n) is 18.1. The average Bonchev–Trinajstić information content (AvgIpc) is 3.00. The van der Waals surface area contributed by atoms with E-state index in [1.807, 2.05) is 45.0 Å². The topological polar surface area (TPSA) is 58.6 Å². The monoisotopic (exact) mass is 430 g/mol. The minimum absolute atomic E-state index is 0.0444. The average molecular weight is 430 g/mol. The van der Waals surface area contributed by atoms with Crippen molar-refractivity contribution in [1.29, 1.82) is 0 Å². The molecule has 0 atom stereocenters.